The smallest absolute Gasteiger partial charge is 0.00938 e. The molecule has 0 spiro atoms. The van der Waals surface area contributed by atoms with E-state index in [-0.39, 0.29) is 0 Å². The lowest BCUT2D eigenvalue weighted by Crippen LogP contribution is -2.44. The molecular formula is C13H28N2. The third kappa shape index (κ3) is 5.53. The van der Waals surface area contributed by atoms with Crippen LogP contribution in [-0.2, 0) is 0 Å². The lowest BCUT2D eigenvalue weighted by Gasteiger charge is -2.31. The molecule has 0 radical (unpaired) electrons. The van der Waals surface area contributed by atoms with E-state index in [1.165, 1.54) is 38.8 Å². The topological polar surface area (TPSA) is 15.3 Å². The van der Waals surface area contributed by atoms with Crippen molar-refractivity contribution >= 4 is 0 Å². The van der Waals surface area contributed by atoms with E-state index in [1.54, 1.807) is 0 Å². The molecule has 1 atom stereocenters. The summed E-state index contributed by atoms with van der Waals surface area (Å²) in [5.74, 6) is 0.840. The average Bonchev–Trinajstić information content (AvgIpc) is 2.19. The predicted molar refractivity (Wildman–Crippen MR) is 67.2 cm³/mol. The van der Waals surface area contributed by atoms with Crippen LogP contribution in [0.15, 0.2) is 0 Å². The Bertz CT molecular complexity index is 160. The maximum Gasteiger partial charge on any atom is 0.00938 e. The lowest BCUT2D eigenvalue weighted by atomic mass is 10.0. The Morgan fingerprint density at radius 2 is 1.73 bits per heavy atom. The zero-order valence-corrected chi connectivity index (χ0v) is 10.9. The quantitative estimate of drug-likeness (QED) is 0.753. The monoisotopic (exact) mass is 212 g/mol. The molecule has 0 amide bonds. The second-order valence-corrected chi connectivity index (χ2v) is 5.62. The second-order valence-electron chi connectivity index (χ2n) is 5.62. The molecule has 1 saturated heterocycles. The minimum Gasteiger partial charge on any atom is -0.311 e. The normalized spacial score (nSPS) is 22.2. The first-order chi connectivity index (χ1) is 7.08. The minimum absolute atomic E-state index is 0.695. The largest absolute Gasteiger partial charge is 0.311 e. The van der Waals surface area contributed by atoms with E-state index in [9.17, 15) is 0 Å². The van der Waals surface area contributed by atoms with E-state index in [0.717, 1.165) is 12.0 Å². The SMILES string of the molecule is CC(C)CCC(C)NC1CCN(C)CC1. The van der Waals surface area contributed by atoms with E-state index < -0.39 is 0 Å². The molecule has 1 aliphatic rings. The Balaban J connectivity index is 2.12. The third-order valence-electron chi connectivity index (χ3n) is 3.42. The summed E-state index contributed by atoms with van der Waals surface area (Å²) in [6.45, 7) is 9.47. The third-order valence-corrected chi connectivity index (χ3v) is 3.42. The van der Waals surface area contributed by atoms with Gasteiger partial charge in [0.15, 0.2) is 0 Å². The molecule has 2 heteroatoms. The Hall–Kier alpha value is -0.0800. The molecular weight excluding hydrogens is 184 g/mol. The molecule has 1 rings (SSSR count). The van der Waals surface area contributed by atoms with Crippen molar-refractivity contribution < 1.29 is 0 Å². The van der Waals surface area contributed by atoms with Gasteiger partial charge in [0, 0.05) is 12.1 Å². The first-order valence-electron chi connectivity index (χ1n) is 6.52. The Kier molecular flexibility index (Phi) is 5.62. The van der Waals surface area contributed by atoms with Gasteiger partial charge in [0.2, 0.25) is 0 Å². The second kappa shape index (κ2) is 6.49. The number of likely N-dealkylation sites (tertiary alicyclic amines) is 1. The first kappa shape index (κ1) is 13.0. The number of nitrogens with one attached hydrogen (secondary N) is 1. The molecule has 1 heterocycles. The van der Waals surface area contributed by atoms with Crippen LogP contribution in [0.4, 0.5) is 0 Å². The number of hydrogen-bond donors (Lipinski definition) is 1. The molecule has 0 aromatic carbocycles. The fourth-order valence-electron chi connectivity index (χ4n) is 2.24. The molecule has 1 unspecified atom stereocenters. The highest BCUT2D eigenvalue weighted by Crippen LogP contribution is 2.12. The molecule has 0 aliphatic carbocycles. The molecule has 1 N–H and O–H groups in total. The summed E-state index contributed by atoms with van der Waals surface area (Å²) >= 11 is 0. The van der Waals surface area contributed by atoms with Crippen LogP contribution in [0.5, 0.6) is 0 Å². The summed E-state index contributed by atoms with van der Waals surface area (Å²) in [5, 5.41) is 3.77. The zero-order valence-electron chi connectivity index (χ0n) is 10.9. The van der Waals surface area contributed by atoms with Crippen molar-refractivity contribution in [2.45, 2.75) is 58.5 Å². The predicted octanol–water partition coefficient (Wildman–Crippen LogP) is 2.49. The molecule has 90 valence electrons. The van der Waals surface area contributed by atoms with Gasteiger partial charge in [0.25, 0.3) is 0 Å². The Morgan fingerprint density at radius 3 is 2.27 bits per heavy atom. The fraction of sp³-hybridized carbons (Fsp3) is 1.00. The van der Waals surface area contributed by atoms with Crippen molar-refractivity contribution in [2.24, 2.45) is 5.92 Å². The van der Waals surface area contributed by atoms with Gasteiger partial charge in [-0.25, -0.2) is 0 Å². The maximum atomic E-state index is 3.77. The van der Waals surface area contributed by atoms with Crippen LogP contribution < -0.4 is 5.32 Å². The summed E-state index contributed by atoms with van der Waals surface area (Å²) in [5.41, 5.74) is 0. The number of nitrogens with zero attached hydrogens (tertiary/aromatic N) is 1. The molecule has 1 aliphatic heterocycles. The van der Waals surface area contributed by atoms with Gasteiger partial charge in [0.05, 0.1) is 0 Å². The zero-order chi connectivity index (χ0) is 11.3. The summed E-state index contributed by atoms with van der Waals surface area (Å²) in [4.78, 5) is 2.43. The highest BCUT2D eigenvalue weighted by molar-refractivity contribution is 4.78. The van der Waals surface area contributed by atoms with Gasteiger partial charge >= 0.3 is 0 Å². The number of piperidine rings is 1. The van der Waals surface area contributed by atoms with Crippen LogP contribution >= 0.6 is 0 Å². The molecule has 0 bridgehead atoms. The van der Waals surface area contributed by atoms with Crippen LogP contribution in [-0.4, -0.2) is 37.1 Å². The van der Waals surface area contributed by atoms with Crippen molar-refractivity contribution in [3.8, 4) is 0 Å². The fourth-order valence-corrected chi connectivity index (χ4v) is 2.24. The van der Waals surface area contributed by atoms with E-state index in [0.29, 0.717) is 6.04 Å². The van der Waals surface area contributed by atoms with Gasteiger partial charge in [-0.3, -0.25) is 0 Å². The molecule has 1 fully saturated rings. The first-order valence-corrected chi connectivity index (χ1v) is 6.52. The van der Waals surface area contributed by atoms with Crippen molar-refractivity contribution in [3.63, 3.8) is 0 Å². The Morgan fingerprint density at radius 1 is 1.13 bits per heavy atom. The number of rotatable bonds is 5. The molecule has 0 aromatic heterocycles. The van der Waals surface area contributed by atoms with Crippen molar-refractivity contribution in [1.82, 2.24) is 10.2 Å². The average molecular weight is 212 g/mol. The van der Waals surface area contributed by atoms with E-state index in [2.05, 4.69) is 38.0 Å². The van der Waals surface area contributed by atoms with Crippen LogP contribution in [0.25, 0.3) is 0 Å². The highest BCUT2D eigenvalue weighted by atomic mass is 15.1. The lowest BCUT2D eigenvalue weighted by molar-refractivity contribution is 0.223. The van der Waals surface area contributed by atoms with Crippen molar-refractivity contribution in [1.29, 1.82) is 0 Å². The molecule has 15 heavy (non-hydrogen) atoms. The van der Waals surface area contributed by atoms with E-state index in [1.807, 2.05) is 0 Å². The van der Waals surface area contributed by atoms with E-state index in [4.69, 9.17) is 0 Å². The van der Waals surface area contributed by atoms with Crippen LogP contribution in [0.3, 0.4) is 0 Å². The summed E-state index contributed by atoms with van der Waals surface area (Å²) in [6, 6.07) is 1.46. The van der Waals surface area contributed by atoms with E-state index >= 15 is 0 Å². The van der Waals surface area contributed by atoms with Gasteiger partial charge in [-0.15, -0.1) is 0 Å². The Labute approximate surface area is 95.4 Å². The number of hydrogen-bond acceptors (Lipinski definition) is 2. The maximum absolute atomic E-state index is 3.77. The summed E-state index contributed by atoms with van der Waals surface area (Å²) < 4.78 is 0. The standard InChI is InChI=1S/C13H28N2/c1-11(2)5-6-12(3)14-13-7-9-15(4)10-8-13/h11-14H,5-10H2,1-4H3. The van der Waals surface area contributed by atoms with Gasteiger partial charge in [-0.05, 0) is 58.7 Å². The van der Waals surface area contributed by atoms with Gasteiger partial charge in [0.1, 0.15) is 0 Å². The van der Waals surface area contributed by atoms with Crippen LogP contribution in [0.2, 0.25) is 0 Å². The van der Waals surface area contributed by atoms with Gasteiger partial charge < -0.3 is 10.2 Å². The van der Waals surface area contributed by atoms with Gasteiger partial charge in [-0.1, -0.05) is 13.8 Å². The van der Waals surface area contributed by atoms with Crippen molar-refractivity contribution in [3.05, 3.63) is 0 Å². The van der Waals surface area contributed by atoms with Crippen LogP contribution in [0.1, 0.15) is 46.5 Å². The molecule has 0 saturated carbocycles. The summed E-state index contributed by atoms with van der Waals surface area (Å²) in [6.07, 6.45) is 5.32. The molecule has 2 nitrogen and oxygen atoms in total. The molecule has 0 aromatic rings. The minimum atomic E-state index is 0.695. The van der Waals surface area contributed by atoms with Crippen LogP contribution in [0, 0.1) is 5.92 Å². The van der Waals surface area contributed by atoms with Gasteiger partial charge in [-0.2, -0.15) is 0 Å². The highest BCUT2D eigenvalue weighted by Gasteiger charge is 2.17. The van der Waals surface area contributed by atoms with Crippen molar-refractivity contribution in [2.75, 3.05) is 20.1 Å². The summed E-state index contributed by atoms with van der Waals surface area (Å²) in [7, 11) is 2.22.